The van der Waals surface area contributed by atoms with Gasteiger partial charge in [0.05, 0.1) is 24.9 Å². The molecule has 1 unspecified atom stereocenters. The molecule has 1 fully saturated rings. The molecule has 8 heteroatoms. The SMILES string of the molecule is COc1ccc(NC(C)=O)cc1NC1CC(=O)N(c2ccccc2F)C1=O. The molecular weight excluding hydrogens is 353 g/mol. The number of rotatable bonds is 5. The van der Waals surface area contributed by atoms with Crippen LogP contribution >= 0.6 is 0 Å². The van der Waals surface area contributed by atoms with Crippen LogP contribution in [0, 0.1) is 5.82 Å². The van der Waals surface area contributed by atoms with E-state index in [2.05, 4.69) is 10.6 Å². The zero-order valence-electron chi connectivity index (χ0n) is 14.8. The molecule has 1 atom stereocenters. The smallest absolute Gasteiger partial charge is 0.256 e. The van der Waals surface area contributed by atoms with Crippen molar-refractivity contribution < 1.29 is 23.5 Å². The maximum Gasteiger partial charge on any atom is 0.256 e. The Kier molecular flexibility index (Phi) is 5.07. The molecule has 1 heterocycles. The third kappa shape index (κ3) is 3.74. The van der Waals surface area contributed by atoms with E-state index in [-0.39, 0.29) is 18.0 Å². The third-order valence-corrected chi connectivity index (χ3v) is 4.09. The van der Waals surface area contributed by atoms with Gasteiger partial charge in [-0.1, -0.05) is 12.1 Å². The Labute approximate surface area is 155 Å². The van der Waals surface area contributed by atoms with E-state index in [1.807, 2.05) is 0 Å². The number of carbonyl (C=O) groups excluding carboxylic acids is 3. The summed E-state index contributed by atoms with van der Waals surface area (Å²) in [6, 6.07) is 9.62. The second kappa shape index (κ2) is 7.45. The van der Waals surface area contributed by atoms with Crippen molar-refractivity contribution in [2.24, 2.45) is 0 Å². The van der Waals surface area contributed by atoms with Crippen molar-refractivity contribution in [3.8, 4) is 5.75 Å². The molecule has 0 aromatic heterocycles. The number of ether oxygens (including phenoxy) is 1. The van der Waals surface area contributed by atoms with Crippen LogP contribution in [0.2, 0.25) is 0 Å². The topological polar surface area (TPSA) is 87.7 Å². The van der Waals surface area contributed by atoms with Crippen LogP contribution in [-0.4, -0.2) is 30.9 Å². The summed E-state index contributed by atoms with van der Waals surface area (Å²) < 4.78 is 19.3. The quantitative estimate of drug-likeness (QED) is 0.789. The van der Waals surface area contributed by atoms with E-state index >= 15 is 0 Å². The minimum absolute atomic E-state index is 0.0734. The third-order valence-electron chi connectivity index (χ3n) is 4.09. The summed E-state index contributed by atoms with van der Waals surface area (Å²) in [5.74, 6) is -1.51. The number of carbonyl (C=O) groups is 3. The zero-order chi connectivity index (χ0) is 19.6. The van der Waals surface area contributed by atoms with Gasteiger partial charge in [-0.25, -0.2) is 9.29 Å². The number of benzene rings is 2. The highest BCUT2D eigenvalue weighted by molar-refractivity contribution is 6.23. The Morgan fingerprint density at radius 1 is 1.22 bits per heavy atom. The number of amides is 3. The Morgan fingerprint density at radius 2 is 1.96 bits per heavy atom. The molecule has 2 N–H and O–H groups in total. The number of anilines is 3. The van der Waals surface area contributed by atoms with Crippen LogP contribution in [0.4, 0.5) is 21.5 Å². The molecule has 3 amide bonds. The van der Waals surface area contributed by atoms with E-state index < -0.39 is 23.7 Å². The molecule has 0 spiro atoms. The highest BCUT2D eigenvalue weighted by Crippen LogP contribution is 2.32. The van der Waals surface area contributed by atoms with Crippen molar-refractivity contribution in [2.75, 3.05) is 22.6 Å². The fourth-order valence-corrected chi connectivity index (χ4v) is 2.92. The first-order chi connectivity index (χ1) is 12.9. The maximum absolute atomic E-state index is 14.0. The zero-order valence-corrected chi connectivity index (χ0v) is 14.8. The summed E-state index contributed by atoms with van der Waals surface area (Å²) in [4.78, 5) is 37.1. The maximum atomic E-state index is 14.0. The molecule has 3 rings (SSSR count). The van der Waals surface area contributed by atoms with Gasteiger partial charge in [-0.3, -0.25) is 14.4 Å². The minimum atomic E-state index is -0.876. The Morgan fingerprint density at radius 3 is 2.63 bits per heavy atom. The number of nitrogens with one attached hydrogen (secondary N) is 2. The molecule has 2 aromatic carbocycles. The van der Waals surface area contributed by atoms with Gasteiger partial charge in [-0.15, -0.1) is 0 Å². The molecule has 0 bridgehead atoms. The fourth-order valence-electron chi connectivity index (χ4n) is 2.92. The molecule has 1 aliphatic heterocycles. The lowest BCUT2D eigenvalue weighted by molar-refractivity contribution is -0.121. The van der Waals surface area contributed by atoms with Gasteiger partial charge in [-0.2, -0.15) is 0 Å². The molecule has 0 aliphatic carbocycles. The number of halogens is 1. The second-order valence-electron chi connectivity index (χ2n) is 6.02. The summed E-state index contributed by atoms with van der Waals surface area (Å²) in [7, 11) is 1.46. The standard InChI is InChI=1S/C19H18FN3O4/c1-11(24)21-12-7-8-17(27-2)14(9-12)22-15-10-18(25)23(19(15)26)16-6-4-3-5-13(16)20/h3-9,15,22H,10H2,1-2H3,(H,21,24). The lowest BCUT2D eigenvalue weighted by Gasteiger charge is -2.18. The monoisotopic (exact) mass is 371 g/mol. The molecule has 7 nitrogen and oxygen atoms in total. The van der Waals surface area contributed by atoms with Gasteiger partial charge in [-0.05, 0) is 30.3 Å². The van der Waals surface area contributed by atoms with E-state index in [4.69, 9.17) is 4.74 Å². The number of hydrogen-bond donors (Lipinski definition) is 2. The van der Waals surface area contributed by atoms with Gasteiger partial charge in [0, 0.05) is 12.6 Å². The highest BCUT2D eigenvalue weighted by atomic mass is 19.1. The van der Waals surface area contributed by atoms with Crippen molar-refractivity contribution in [2.45, 2.75) is 19.4 Å². The van der Waals surface area contributed by atoms with Crippen molar-refractivity contribution in [1.82, 2.24) is 0 Å². The van der Waals surface area contributed by atoms with E-state index in [0.717, 1.165) is 4.90 Å². The van der Waals surface area contributed by atoms with E-state index in [9.17, 15) is 18.8 Å². The van der Waals surface area contributed by atoms with Crippen LogP contribution in [0.3, 0.4) is 0 Å². The first-order valence-electron chi connectivity index (χ1n) is 8.24. The van der Waals surface area contributed by atoms with Gasteiger partial charge in [0.15, 0.2) is 0 Å². The van der Waals surface area contributed by atoms with Crippen LogP contribution < -0.4 is 20.3 Å². The molecule has 140 valence electrons. The van der Waals surface area contributed by atoms with Crippen LogP contribution in [0.15, 0.2) is 42.5 Å². The van der Waals surface area contributed by atoms with Crippen LogP contribution in [0.25, 0.3) is 0 Å². The molecular formula is C19H18FN3O4. The van der Waals surface area contributed by atoms with Crippen molar-refractivity contribution in [3.63, 3.8) is 0 Å². The minimum Gasteiger partial charge on any atom is -0.495 e. The van der Waals surface area contributed by atoms with Crippen molar-refractivity contribution in [3.05, 3.63) is 48.3 Å². The largest absolute Gasteiger partial charge is 0.495 e. The average Bonchev–Trinajstić information content (AvgIpc) is 2.89. The number of para-hydroxylation sites is 1. The van der Waals surface area contributed by atoms with Crippen LogP contribution in [-0.2, 0) is 14.4 Å². The number of nitrogens with zero attached hydrogens (tertiary/aromatic N) is 1. The van der Waals surface area contributed by atoms with Crippen LogP contribution in [0.1, 0.15) is 13.3 Å². The Balaban J connectivity index is 1.86. The predicted molar refractivity (Wildman–Crippen MR) is 98.2 cm³/mol. The molecule has 1 aliphatic rings. The van der Waals surface area contributed by atoms with Gasteiger partial charge in [0.1, 0.15) is 17.6 Å². The fraction of sp³-hybridized carbons (Fsp3) is 0.211. The predicted octanol–water partition coefficient (Wildman–Crippen LogP) is 2.54. The lowest BCUT2D eigenvalue weighted by Crippen LogP contribution is -2.35. The molecule has 27 heavy (non-hydrogen) atoms. The second-order valence-corrected chi connectivity index (χ2v) is 6.02. The van der Waals surface area contributed by atoms with Gasteiger partial charge in [0.25, 0.3) is 5.91 Å². The van der Waals surface area contributed by atoms with Crippen molar-refractivity contribution in [1.29, 1.82) is 0 Å². The van der Waals surface area contributed by atoms with Crippen LogP contribution in [0.5, 0.6) is 5.75 Å². The summed E-state index contributed by atoms with van der Waals surface area (Å²) >= 11 is 0. The lowest BCUT2D eigenvalue weighted by atomic mass is 10.2. The van der Waals surface area contributed by atoms with E-state index in [0.29, 0.717) is 17.1 Å². The van der Waals surface area contributed by atoms with Crippen molar-refractivity contribution >= 4 is 34.8 Å². The first kappa shape index (κ1) is 18.4. The molecule has 1 saturated heterocycles. The summed E-state index contributed by atoms with van der Waals surface area (Å²) in [6.07, 6.45) is -0.124. The highest BCUT2D eigenvalue weighted by Gasteiger charge is 2.40. The summed E-state index contributed by atoms with van der Waals surface area (Å²) in [6.45, 7) is 1.38. The van der Waals surface area contributed by atoms with Gasteiger partial charge in [0.2, 0.25) is 11.8 Å². The van der Waals surface area contributed by atoms with Gasteiger partial charge >= 0.3 is 0 Å². The number of hydrogen-bond acceptors (Lipinski definition) is 5. The first-order valence-corrected chi connectivity index (χ1v) is 8.24. The molecule has 2 aromatic rings. The Bertz CT molecular complexity index is 916. The number of imide groups is 1. The molecule has 0 saturated carbocycles. The van der Waals surface area contributed by atoms with Gasteiger partial charge < -0.3 is 15.4 Å². The number of methoxy groups -OCH3 is 1. The normalized spacial score (nSPS) is 16.4. The summed E-state index contributed by atoms with van der Waals surface area (Å²) in [5, 5.41) is 5.60. The average molecular weight is 371 g/mol. The summed E-state index contributed by atoms with van der Waals surface area (Å²) in [5.41, 5.74) is 0.870. The van der Waals surface area contributed by atoms with E-state index in [1.165, 1.54) is 32.2 Å². The Hall–Kier alpha value is -3.42. The van der Waals surface area contributed by atoms with E-state index in [1.54, 1.807) is 24.3 Å². The molecule has 0 radical (unpaired) electrons.